The van der Waals surface area contributed by atoms with Gasteiger partial charge in [0.25, 0.3) is 0 Å². The number of rotatable bonds is 9. The summed E-state index contributed by atoms with van der Waals surface area (Å²) in [4.78, 5) is 0. The molecule has 0 aliphatic carbocycles. The van der Waals surface area contributed by atoms with Crippen LogP contribution in [0.5, 0.6) is 0 Å². The van der Waals surface area contributed by atoms with Gasteiger partial charge in [0.15, 0.2) is 0 Å². The number of para-hydroxylation sites is 9. The molecule has 0 spiro atoms. The third-order valence-electron chi connectivity index (χ3n) is 21.3. The molecule has 6 heteroatoms. The highest BCUT2D eigenvalue weighted by atomic mass is 15.0. The van der Waals surface area contributed by atoms with Gasteiger partial charge in [0, 0.05) is 134 Å². The lowest BCUT2D eigenvalue weighted by Gasteiger charge is -2.09. The molecule has 0 unspecified atom stereocenters. The van der Waals surface area contributed by atoms with E-state index in [0.717, 1.165) is 19.6 Å². The highest BCUT2D eigenvalue weighted by Crippen LogP contribution is 2.42. The molecule has 0 amide bonds. The summed E-state index contributed by atoms with van der Waals surface area (Å²) in [5.41, 5.74) is 26.3. The van der Waals surface area contributed by atoms with Gasteiger partial charge in [0.1, 0.15) is 0 Å². The van der Waals surface area contributed by atoms with Crippen LogP contribution in [-0.2, 0) is 19.6 Å². The standard InChI is InChI=1S/3C32H24N2/c1-2-33-29-14-8-6-13-26(29)28-20-22(17-19-30(28)33)23-16-18-27-25-12-7-9-15-31(25)34(32(27)21-23)24-10-4-3-5-11-24;1-2-33-29-14-8-6-12-25(29)27-18-16-23(21-32(27)33)22-17-19-31-28(20-22)26-13-7-9-15-30(26)34(31)24-10-4-3-5-11-24;1-2-33-29-14-8-6-12-25(29)27-20-22(16-18-30(27)33)23-17-19-32-28(21-23)26-13-7-9-15-31(26)34(32)24-10-4-3-5-11-24/h3*3-21H,2H2,1H3. The second-order valence-electron chi connectivity index (χ2n) is 26.7. The van der Waals surface area contributed by atoms with Crippen molar-refractivity contribution in [2.45, 2.75) is 40.4 Å². The van der Waals surface area contributed by atoms with Gasteiger partial charge in [-0.05, 0) is 188 Å². The molecular formula is C96H72N6. The molecule has 21 rings (SSSR count). The van der Waals surface area contributed by atoms with E-state index in [1.54, 1.807) is 0 Å². The summed E-state index contributed by atoms with van der Waals surface area (Å²) in [5, 5.41) is 15.6. The summed E-state index contributed by atoms with van der Waals surface area (Å²) in [6, 6.07) is 126. The van der Waals surface area contributed by atoms with Crippen molar-refractivity contribution in [1.29, 1.82) is 0 Å². The Kier molecular flexibility index (Phi) is 14.7. The van der Waals surface area contributed by atoms with Crippen LogP contribution in [0.15, 0.2) is 346 Å². The molecule has 0 atom stereocenters. The molecule has 0 aliphatic heterocycles. The van der Waals surface area contributed by atoms with E-state index in [0.29, 0.717) is 0 Å². The first-order valence-corrected chi connectivity index (χ1v) is 35.8. The van der Waals surface area contributed by atoms with Crippen LogP contribution in [-0.4, -0.2) is 27.4 Å². The molecule has 0 radical (unpaired) electrons. The highest BCUT2D eigenvalue weighted by molar-refractivity contribution is 6.16. The zero-order chi connectivity index (χ0) is 67.9. The van der Waals surface area contributed by atoms with Crippen molar-refractivity contribution < 1.29 is 0 Å². The van der Waals surface area contributed by atoms with Crippen molar-refractivity contribution in [2.75, 3.05) is 0 Å². The van der Waals surface area contributed by atoms with Crippen LogP contribution in [0.2, 0.25) is 0 Å². The van der Waals surface area contributed by atoms with Gasteiger partial charge in [0.2, 0.25) is 0 Å². The maximum absolute atomic E-state index is 2.42. The summed E-state index contributed by atoms with van der Waals surface area (Å²) in [6.07, 6.45) is 0. The van der Waals surface area contributed by atoms with Gasteiger partial charge in [-0.2, -0.15) is 0 Å². The van der Waals surface area contributed by atoms with E-state index < -0.39 is 0 Å². The largest absolute Gasteiger partial charge is 0.341 e. The van der Waals surface area contributed by atoms with E-state index in [-0.39, 0.29) is 0 Å². The SMILES string of the molecule is CCn1c2ccccc2c2cc(-c3ccc4c(c3)c3ccccc3n4-c3ccccc3)ccc21.CCn1c2ccccc2c2cc(-c3ccc4c5ccccc5n(-c5ccccc5)c4c3)ccc21.CCn1c2ccccc2c2ccc(-c3ccc4c(c3)c3ccccc3n4-c3ccccc3)cc21. The minimum Gasteiger partial charge on any atom is -0.341 e. The zero-order valence-corrected chi connectivity index (χ0v) is 57.2. The fourth-order valence-electron chi connectivity index (χ4n) is 16.7. The van der Waals surface area contributed by atoms with E-state index in [2.05, 4.69) is 394 Å². The number of hydrogen-bond donors (Lipinski definition) is 0. The number of benzene rings is 15. The van der Waals surface area contributed by atoms with Gasteiger partial charge in [-0.3, -0.25) is 0 Å². The van der Waals surface area contributed by atoms with Gasteiger partial charge in [0.05, 0.1) is 33.1 Å². The molecule has 6 heterocycles. The molecule has 0 aliphatic rings. The van der Waals surface area contributed by atoms with Crippen LogP contribution in [0.1, 0.15) is 20.8 Å². The predicted octanol–water partition coefficient (Wildman–Crippen LogP) is 25.7. The topological polar surface area (TPSA) is 29.6 Å². The molecule has 0 fully saturated rings. The van der Waals surface area contributed by atoms with Crippen LogP contribution in [0.4, 0.5) is 0 Å². The van der Waals surface area contributed by atoms with Gasteiger partial charge >= 0.3 is 0 Å². The first-order valence-electron chi connectivity index (χ1n) is 35.8. The number of hydrogen-bond acceptors (Lipinski definition) is 0. The Balaban J connectivity index is 0.000000106. The maximum Gasteiger partial charge on any atom is 0.0547 e. The Hall–Kier alpha value is -12.9. The van der Waals surface area contributed by atoms with Crippen molar-refractivity contribution in [1.82, 2.24) is 27.4 Å². The lowest BCUT2D eigenvalue weighted by Crippen LogP contribution is -1.93. The van der Waals surface area contributed by atoms with Crippen molar-refractivity contribution in [2.24, 2.45) is 0 Å². The minimum absolute atomic E-state index is 0.955. The van der Waals surface area contributed by atoms with Crippen molar-refractivity contribution in [3.63, 3.8) is 0 Å². The number of aromatic nitrogens is 6. The Bertz CT molecular complexity index is 6800. The lowest BCUT2D eigenvalue weighted by molar-refractivity contribution is 0.827. The number of fused-ring (bicyclic) bond motifs is 18. The van der Waals surface area contributed by atoms with E-state index in [9.17, 15) is 0 Å². The third-order valence-corrected chi connectivity index (χ3v) is 21.3. The average Bonchev–Trinajstić information content (AvgIpc) is 1.60. The van der Waals surface area contributed by atoms with E-state index in [1.165, 1.54) is 181 Å². The summed E-state index contributed by atoms with van der Waals surface area (Å²) >= 11 is 0. The monoisotopic (exact) mass is 1310 g/mol. The molecule has 486 valence electrons. The van der Waals surface area contributed by atoms with Crippen molar-refractivity contribution in [3.8, 4) is 50.4 Å². The van der Waals surface area contributed by atoms with Crippen LogP contribution < -0.4 is 0 Å². The lowest BCUT2D eigenvalue weighted by atomic mass is 10.0. The molecule has 6 aromatic heterocycles. The first kappa shape index (κ1) is 60.3. The average molecular weight is 1310 g/mol. The quantitative estimate of drug-likeness (QED) is 0.138. The molecule has 21 aromatic rings. The van der Waals surface area contributed by atoms with E-state index in [4.69, 9.17) is 0 Å². The molecule has 0 saturated heterocycles. The molecule has 15 aromatic carbocycles. The van der Waals surface area contributed by atoms with Crippen LogP contribution >= 0.6 is 0 Å². The Morgan fingerprint density at radius 3 is 0.725 bits per heavy atom. The molecular weight excluding hydrogens is 1240 g/mol. The summed E-state index contributed by atoms with van der Waals surface area (Å²) < 4.78 is 14.4. The second kappa shape index (κ2) is 24.8. The molecule has 0 saturated carbocycles. The summed E-state index contributed by atoms with van der Waals surface area (Å²) in [5.74, 6) is 0. The van der Waals surface area contributed by atoms with Crippen molar-refractivity contribution >= 4 is 131 Å². The third kappa shape index (κ3) is 9.77. The van der Waals surface area contributed by atoms with Gasteiger partial charge in [-0.1, -0.05) is 212 Å². The van der Waals surface area contributed by atoms with Gasteiger partial charge < -0.3 is 27.4 Å². The highest BCUT2D eigenvalue weighted by Gasteiger charge is 2.20. The molecule has 6 nitrogen and oxygen atoms in total. The normalized spacial score (nSPS) is 11.8. The number of nitrogens with zero attached hydrogens (tertiary/aromatic N) is 6. The fourth-order valence-corrected chi connectivity index (χ4v) is 16.7. The molecule has 0 bridgehead atoms. The second-order valence-corrected chi connectivity index (χ2v) is 26.7. The van der Waals surface area contributed by atoms with Crippen LogP contribution in [0.3, 0.4) is 0 Å². The Labute approximate surface area is 591 Å². The van der Waals surface area contributed by atoms with E-state index >= 15 is 0 Å². The smallest absolute Gasteiger partial charge is 0.0547 e. The van der Waals surface area contributed by atoms with Gasteiger partial charge in [-0.25, -0.2) is 0 Å². The summed E-state index contributed by atoms with van der Waals surface area (Å²) in [7, 11) is 0. The fraction of sp³-hybridized carbons (Fsp3) is 0.0625. The minimum atomic E-state index is 0.955. The summed E-state index contributed by atoms with van der Waals surface area (Å²) in [6.45, 7) is 9.55. The predicted molar refractivity (Wildman–Crippen MR) is 435 cm³/mol. The molecule has 102 heavy (non-hydrogen) atoms. The Morgan fingerprint density at radius 1 is 0.157 bits per heavy atom. The number of aryl methyl sites for hydroxylation is 3. The van der Waals surface area contributed by atoms with Crippen LogP contribution in [0, 0.1) is 0 Å². The zero-order valence-electron chi connectivity index (χ0n) is 57.2. The molecule has 0 N–H and O–H groups in total. The van der Waals surface area contributed by atoms with Crippen molar-refractivity contribution in [3.05, 3.63) is 346 Å². The van der Waals surface area contributed by atoms with E-state index in [1.807, 2.05) is 0 Å². The van der Waals surface area contributed by atoms with Gasteiger partial charge in [-0.15, -0.1) is 0 Å². The Morgan fingerprint density at radius 2 is 0.363 bits per heavy atom. The van der Waals surface area contributed by atoms with Crippen LogP contribution in [0.25, 0.3) is 181 Å². The maximum atomic E-state index is 2.42. The first-order chi connectivity index (χ1) is 50.5.